The first kappa shape index (κ1) is 21.1. The zero-order chi connectivity index (χ0) is 23.1. The monoisotopic (exact) mass is 448 g/mol. The first-order valence-electron chi connectivity index (χ1n) is 10.9. The van der Waals surface area contributed by atoms with E-state index in [1.54, 1.807) is 19.3 Å². The lowest BCUT2D eigenvalue weighted by atomic mass is 10.1. The molecule has 1 aromatic carbocycles. The summed E-state index contributed by atoms with van der Waals surface area (Å²) >= 11 is 0. The van der Waals surface area contributed by atoms with Gasteiger partial charge in [-0.15, -0.1) is 0 Å². The molecule has 8 nitrogen and oxygen atoms in total. The lowest BCUT2D eigenvalue weighted by Gasteiger charge is -2.36. The summed E-state index contributed by atoms with van der Waals surface area (Å²) in [6.45, 7) is 4.15. The van der Waals surface area contributed by atoms with E-state index in [2.05, 4.69) is 25.1 Å². The number of anilines is 1. The Balaban J connectivity index is 1.33. The van der Waals surface area contributed by atoms with Gasteiger partial charge < -0.3 is 19.8 Å². The van der Waals surface area contributed by atoms with Crippen molar-refractivity contribution >= 4 is 33.4 Å². The molecule has 170 valence electrons. The Morgan fingerprint density at radius 3 is 2.61 bits per heavy atom. The summed E-state index contributed by atoms with van der Waals surface area (Å²) in [6, 6.07) is 9.93. The fraction of sp³-hybridized carbons (Fsp3) is 0.292. The number of nitrogens with one attached hydrogen (secondary N) is 2. The average Bonchev–Trinajstić information content (AvgIpc) is 3.13. The fourth-order valence-corrected chi connectivity index (χ4v) is 4.56. The maximum atomic E-state index is 13.9. The van der Waals surface area contributed by atoms with Gasteiger partial charge in [-0.3, -0.25) is 14.5 Å². The van der Waals surface area contributed by atoms with E-state index in [-0.39, 0.29) is 17.3 Å². The molecule has 4 aromatic rings. The number of hydrogen-bond donors (Lipinski definition) is 2. The largest absolute Gasteiger partial charge is 0.368 e. The summed E-state index contributed by atoms with van der Waals surface area (Å²) in [4.78, 5) is 35.9. The van der Waals surface area contributed by atoms with Crippen LogP contribution in [0.3, 0.4) is 0 Å². The molecule has 4 heterocycles. The first-order chi connectivity index (χ1) is 15.9. The Morgan fingerprint density at radius 1 is 1.12 bits per heavy atom. The molecule has 1 aliphatic rings. The van der Waals surface area contributed by atoms with Gasteiger partial charge in [0.2, 0.25) is 0 Å². The summed E-state index contributed by atoms with van der Waals surface area (Å²) in [5.74, 6) is -0.552. The van der Waals surface area contributed by atoms with E-state index in [9.17, 15) is 14.0 Å². The second kappa shape index (κ2) is 8.32. The van der Waals surface area contributed by atoms with Crippen LogP contribution in [0.5, 0.6) is 0 Å². The number of carbonyl (C=O) groups excluding carboxylic acids is 1. The van der Waals surface area contributed by atoms with Crippen LogP contribution in [0.4, 0.5) is 10.1 Å². The van der Waals surface area contributed by atoms with Crippen LogP contribution in [0.15, 0.2) is 47.4 Å². The fourth-order valence-electron chi connectivity index (χ4n) is 4.56. The number of rotatable bonds is 4. The Bertz CT molecular complexity index is 1400. The van der Waals surface area contributed by atoms with Crippen molar-refractivity contribution in [2.75, 3.05) is 38.1 Å². The van der Waals surface area contributed by atoms with Crippen LogP contribution in [-0.2, 0) is 13.6 Å². The molecule has 0 saturated carbocycles. The number of nitrogens with zero attached hydrogens (tertiary/aromatic N) is 4. The van der Waals surface area contributed by atoms with Gasteiger partial charge in [0.25, 0.3) is 11.5 Å². The molecule has 5 rings (SSSR count). The van der Waals surface area contributed by atoms with Crippen molar-refractivity contribution in [1.82, 2.24) is 24.8 Å². The van der Waals surface area contributed by atoms with Gasteiger partial charge in [0, 0.05) is 63.3 Å². The summed E-state index contributed by atoms with van der Waals surface area (Å²) in [6.07, 6.45) is 1.74. The molecule has 0 bridgehead atoms. The average molecular weight is 449 g/mol. The third-order valence-corrected chi connectivity index (χ3v) is 6.39. The molecule has 1 amide bonds. The van der Waals surface area contributed by atoms with Crippen LogP contribution in [0.2, 0.25) is 0 Å². The zero-order valence-corrected chi connectivity index (χ0v) is 18.6. The van der Waals surface area contributed by atoms with Crippen LogP contribution in [0.25, 0.3) is 21.8 Å². The summed E-state index contributed by atoms with van der Waals surface area (Å²) in [5.41, 5.74) is 3.80. The van der Waals surface area contributed by atoms with E-state index < -0.39 is 0 Å². The molecule has 1 aliphatic heterocycles. The second-order valence-electron chi connectivity index (χ2n) is 8.34. The molecule has 0 aliphatic carbocycles. The van der Waals surface area contributed by atoms with Gasteiger partial charge in [0.1, 0.15) is 11.5 Å². The smallest absolute Gasteiger partial charge is 0.269 e. The number of amides is 1. The summed E-state index contributed by atoms with van der Waals surface area (Å²) < 4.78 is 15.9. The van der Waals surface area contributed by atoms with Crippen LogP contribution in [0.1, 0.15) is 16.2 Å². The van der Waals surface area contributed by atoms with Gasteiger partial charge >= 0.3 is 0 Å². The maximum absolute atomic E-state index is 13.9. The Hall–Kier alpha value is -3.72. The predicted molar refractivity (Wildman–Crippen MR) is 126 cm³/mol. The highest BCUT2D eigenvalue weighted by molar-refractivity contribution is 6.04. The van der Waals surface area contributed by atoms with E-state index in [0.717, 1.165) is 55.1 Å². The molecule has 3 aromatic heterocycles. The standard InChI is InChI=1S/C24H25FN6O2/c1-26-24(33)20-6-4-16(13-27-20)31-9-7-30(8-10-31)14-17-12-21-22(29(17)2)19-11-15(25)3-5-18(19)23(32)28-21/h3-6,11-13H,7-10,14H2,1-2H3,(H,26,33)(H,28,32). The predicted octanol–water partition coefficient (Wildman–Crippen LogP) is 2.24. The lowest BCUT2D eigenvalue weighted by molar-refractivity contribution is 0.0958. The minimum absolute atomic E-state index is 0.196. The van der Waals surface area contributed by atoms with E-state index >= 15 is 0 Å². The van der Waals surface area contributed by atoms with Gasteiger partial charge in [-0.25, -0.2) is 9.37 Å². The van der Waals surface area contributed by atoms with Crippen molar-refractivity contribution in [1.29, 1.82) is 0 Å². The Labute approximate surface area is 189 Å². The number of piperazine rings is 1. The van der Waals surface area contributed by atoms with Crippen LogP contribution < -0.4 is 15.8 Å². The van der Waals surface area contributed by atoms with Gasteiger partial charge in [-0.1, -0.05) is 0 Å². The minimum atomic E-state index is -0.355. The Morgan fingerprint density at radius 2 is 1.91 bits per heavy atom. The third kappa shape index (κ3) is 3.84. The van der Waals surface area contributed by atoms with Crippen molar-refractivity contribution in [2.45, 2.75) is 6.54 Å². The summed E-state index contributed by atoms with van der Waals surface area (Å²) in [5, 5.41) is 3.69. The number of aromatic nitrogens is 3. The molecule has 0 radical (unpaired) electrons. The van der Waals surface area contributed by atoms with Crippen molar-refractivity contribution in [3.8, 4) is 0 Å². The zero-order valence-electron chi connectivity index (χ0n) is 18.6. The SMILES string of the molecule is CNC(=O)c1ccc(N2CCN(Cc3cc4[nH]c(=O)c5ccc(F)cc5c4n3C)CC2)cn1. The number of carbonyl (C=O) groups is 1. The van der Waals surface area contributed by atoms with Gasteiger partial charge in [-0.05, 0) is 36.4 Å². The van der Waals surface area contributed by atoms with Crippen LogP contribution in [-0.4, -0.2) is 58.6 Å². The van der Waals surface area contributed by atoms with Crippen LogP contribution >= 0.6 is 0 Å². The Kier molecular flexibility index (Phi) is 5.33. The van der Waals surface area contributed by atoms with E-state index in [1.165, 1.54) is 18.2 Å². The topological polar surface area (TPSA) is 86.3 Å². The van der Waals surface area contributed by atoms with E-state index in [4.69, 9.17) is 0 Å². The highest BCUT2D eigenvalue weighted by atomic mass is 19.1. The van der Waals surface area contributed by atoms with Gasteiger partial charge in [0.15, 0.2) is 0 Å². The van der Waals surface area contributed by atoms with E-state index in [1.807, 2.05) is 23.7 Å². The van der Waals surface area contributed by atoms with Crippen molar-refractivity contribution < 1.29 is 9.18 Å². The normalized spacial score (nSPS) is 14.8. The number of fused-ring (bicyclic) bond motifs is 3. The maximum Gasteiger partial charge on any atom is 0.269 e. The number of pyridine rings is 2. The molecule has 2 N–H and O–H groups in total. The molecule has 0 spiro atoms. The minimum Gasteiger partial charge on any atom is -0.368 e. The molecular formula is C24H25FN6O2. The van der Waals surface area contributed by atoms with Crippen molar-refractivity contribution in [3.05, 3.63) is 70.2 Å². The molecule has 1 saturated heterocycles. The quantitative estimate of drug-likeness (QED) is 0.500. The second-order valence-corrected chi connectivity index (χ2v) is 8.34. The lowest BCUT2D eigenvalue weighted by Crippen LogP contribution is -2.46. The highest BCUT2D eigenvalue weighted by Crippen LogP contribution is 2.26. The molecule has 0 unspecified atom stereocenters. The third-order valence-electron chi connectivity index (χ3n) is 6.39. The number of halogens is 1. The molecular weight excluding hydrogens is 423 g/mol. The van der Waals surface area contributed by atoms with Crippen LogP contribution in [0, 0.1) is 5.82 Å². The van der Waals surface area contributed by atoms with Gasteiger partial charge in [0.05, 0.1) is 22.9 Å². The number of aromatic amines is 1. The van der Waals surface area contributed by atoms with Crippen molar-refractivity contribution in [2.24, 2.45) is 7.05 Å². The number of aryl methyl sites for hydroxylation is 1. The molecule has 1 fully saturated rings. The van der Waals surface area contributed by atoms with E-state index in [0.29, 0.717) is 16.5 Å². The number of hydrogen-bond acceptors (Lipinski definition) is 5. The highest BCUT2D eigenvalue weighted by Gasteiger charge is 2.20. The number of H-pyrrole nitrogens is 1. The van der Waals surface area contributed by atoms with Crippen molar-refractivity contribution in [3.63, 3.8) is 0 Å². The first-order valence-corrected chi connectivity index (χ1v) is 10.9. The molecule has 33 heavy (non-hydrogen) atoms. The summed E-state index contributed by atoms with van der Waals surface area (Å²) in [7, 11) is 3.54. The molecule has 0 atom stereocenters. The molecule has 9 heteroatoms. The van der Waals surface area contributed by atoms with Gasteiger partial charge in [-0.2, -0.15) is 0 Å². The number of benzene rings is 1.